The molecule has 0 aliphatic carbocycles. The highest BCUT2D eigenvalue weighted by Crippen LogP contribution is 2.33. The highest BCUT2D eigenvalue weighted by molar-refractivity contribution is 6.05. The molecule has 4 aromatic rings. The lowest BCUT2D eigenvalue weighted by Crippen LogP contribution is -2.41. The third kappa shape index (κ3) is 4.79. The summed E-state index contributed by atoms with van der Waals surface area (Å²) < 4.78 is 5.37. The van der Waals surface area contributed by atoms with E-state index in [0.717, 1.165) is 33.3 Å². The van der Waals surface area contributed by atoms with Crippen LogP contribution in [-0.2, 0) is 16.0 Å². The maximum atomic E-state index is 13.3. The van der Waals surface area contributed by atoms with E-state index in [0.29, 0.717) is 37.6 Å². The van der Waals surface area contributed by atoms with Gasteiger partial charge in [-0.2, -0.15) is 0 Å². The van der Waals surface area contributed by atoms with Crippen molar-refractivity contribution in [2.24, 2.45) is 0 Å². The number of nitrogens with zero attached hydrogens (tertiary/aromatic N) is 2. The van der Waals surface area contributed by atoms with Crippen LogP contribution >= 0.6 is 0 Å². The summed E-state index contributed by atoms with van der Waals surface area (Å²) in [6.07, 6.45) is 0.147. The van der Waals surface area contributed by atoms with Crippen molar-refractivity contribution >= 4 is 28.4 Å². The van der Waals surface area contributed by atoms with Crippen LogP contribution in [0.2, 0.25) is 0 Å². The Morgan fingerprint density at radius 3 is 2.40 bits per heavy atom. The number of para-hydroxylation sites is 2. The highest BCUT2D eigenvalue weighted by atomic mass is 16.5. The van der Waals surface area contributed by atoms with Gasteiger partial charge in [0.25, 0.3) is 5.91 Å². The normalized spacial score (nSPS) is 13.6. The van der Waals surface area contributed by atoms with Gasteiger partial charge in [-0.15, -0.1) is 0 Å². The average molecular weight is 466 g/mol. The summed E-state index contributed by atoms with van der Waals surface area (Å²) in [4.78, 5) is 33.0. The van der Waals surface area contributed by atoms with Gasteiger partial charge in [0, 0.05) is 24.2 Å². The molecule has 1 aromatic heterocycles. The van der Waals surface area contributed by atoms with Crippen molar-refractivity contribution in [1.82, 2.24) is 9.88 Å². The lowest BCUT2D eigenvalue weighted by molar-refractivity contribution is -0.115. The zero-order valence-electron chi connectivity index (χ0n) is 19.7. The van der Waals surface area contributed by atoms with Gasteiger partial charge in [-0.1, -0.05) is 60.7 Å². The number of aromatic nitrogens is 1. The van der Waals surface area contributed by atoms with Crippen LogP contribution in [0.4, 0.5) is 5.69 Å². The highest BCUT2D eigenvalue weighted by Gasteiger charge is 2.22. The number of fused-ring (bicyclic) bond motifs is 1. The van der Waals surface area contributed by atoms with Crippen LogP contribution in [0, 0.1) is 6.92 Å². The van der Waals surface area contributed by atoms with Crippen LogP contribution in [0.5, 0.6) is 0 Å². The minimum atomic E-state index is -0.190. The fraction of sp³-hybridized carbons (Fsp3) is 0.207. The predicted molar refractivity (Wildman–Crippen MR) is 137 cm³/mol. The number of rotatable bonds is 5. The number of morpholine rings is 1. The van der Waals surface area contributed by atoms with E-state index in [4.69, 9.17) is 9.72 Å². The maximum absolute atomic E-state index is 13.3. The molecule has 1 aliphatic rings. The smallest absolute Gasteiger partial charge is 0.256 e. The Morgan fingerprint density at radius 1 is 0.914 bits per heavy atom. The molecular weight excluding hydrogens is 438 g/mol. The summed E-state index contributed by atoms with van der Waals surface area (Å²) in [6, 6.07) is 25.2. The number of ether oxygens (including phenoxy) is 1. The minimum absolute atomic E-state index is 0.0993. The van der Waals surface area contributed by atoms with Crippen molar-refractivity contribution in [3.05, 3.63) is 95.7 Å². The van der Waals surface area contributed by atoms with Crippen molar-refractivity contribution < 1.29 is 14.3 Å². The monoisotopic (exact) mass is 465 g/mol. The molecule has 35 heavy (non-hydrogen) atoms. The number of amides is 2. The van der Waals surface area contributed by atoms with E-state index in [9.17, 15) is 9.59 Å². The third-order valence-corrected chi connectivity index (χ3v) is 6.33. The first-order valence-corrected chi connectivity index (χ1v) is 11.8. The van der Waals surface area contributed by atoms with Crippen molar-refractivity contribution in [1.29, 1.82) is 0 Å². The number of pyridine rings is 1. The molecule has 0 saturated carbocycles. The lowest BCUT2D eigenvalue weighted by atomic mass is 9.92. The molecule has 1 fully saturated rings. The molecule has 3 aromatic carbocycles. The van der Waals surface area contributed by atoms with Crippen LogP contribution < -0.4 is 5.32 Å². The molecule has 6 nitrogen and oxygen atoms in total. The number of aryl methyl sites for hydroxylation is 1. The zero-order chi connectivity index (χ0) is 24.2. The van der Waals surface area contributed by atoms with Gasteiger partial charge in [-0.25, -0.2) is 0 Å². The third-order valence-electron chi connectivity index (χ3n) is 6.33. The summed E-state index contributed by atoms with van der Waals surface area (Å²) in [6.45, 7) is 4.08. The fourth-order valence-corrected chi connectivity index (χ4v) is 4.60. The molecule has 2 heterocycles. The second-order valence-corrected chi connectivity index (χ2v) is 8.61. The van der Waals surface area contributed by atoms with Crippen LogP contribution in [0.15, 0.2) is 78.9 Å². The van der Waals surface area contributed by atoms with Crippen LogP contribution in [0.25, 0.3) is 22.0 Å². The molecule has 1 N–H and O–H groups in total. The number of carbonyl (C=O) groups is 2. The standard InChI is InChI=1S/C29H27N3O3/c1-20-24(28(21-9-3-2-4-10-21)22-11-5-7-13-25(22)30-20)19-27(33)31-26-14-8-6-12-23(26)29(34)32-15-17-35-18-16-32/h2-14H,15-19H2,1H3,(H,31,33). The van der Waals surface area contributed by atoms with E-state index >= 15 is 0 Å². The Labute approximate surface area is 204 Å². The molecule has 0 atom stereocenters. The number of benzene rings is 3. The Balaban J connectivity index is 1.47. The minimum Gasteiger partial charge on any atom is -0.378 e. The zero-order valence-corrected chi connectivity index (χ0v) is 19.7. The number of hydrogen-bond acceptors (Lipinski definition) is 4. The summed E-state index contributed by atoms with van der Waals surface area (Å²) in [5.41, 5.74) is 5.65. The van der Waals surface area contributed by atoms with Crippen molar-refractivity contribution in [2.75, 3.05) is 31.6 Å². The lowest BCUT2D eigenvalue weighted by Gasteiger charge is -2.27. The maximum Gasteiger partial charge on any atom is 0.256 e. The van der Waals surface area contributed by atoms with Gasteiger partial charge in [0.1, 0.15) is 0 Å². The molecule has 1 saturated heterocycles. The summed E-state index contributed by atoms with van der Waals surface area (Å²) >= 11 is 0. The largest absolute Gasteiger partial charge is 0.378 e. The number of hydrogen-bond donors (Lipinski definition) is 1. The topological polar surface area (TPSA) is 71.5 Å². The SMILES string of the molecule is Cc1nc2ccccc2c(-c2ccccc2)c1CC(=O)Nc1ccccc1C(=O)N1CCOCC1. The van der Waals surface area contributed by atoms with E-state index in [1.54, 1.807) is 17.0 Å². The Hall–Kier alpha value is -4.03. The van der Waals surface area contributed by atoms with E-state index < -0.39 is 0 Å². The van der Waals surface area contributed by atoms with E-state index in [1.807, 2.05) is 61.5 Å². The van der Waals surface area contributed by atoms with E-state index in [2.05, 4.69) is 17.4 Å². The van der Waals surface area contributed by atoms with Crippen molar-refractivity contribution in [2.45, 2.75) is 13.3 Å². The molecular formula is C29H27N3O3. The molecule has 0 unspecified atom stereocenters. The quantitative estimate of drug-likeness (QED) is 0.457. The summed E-state index contributed by atoms with van der Waals surface area (Å²) in [5, 5.41) is 4.00. The Morgan fingerprint density at radius 2 is 1.60 bits per heavy atom. The van der Waals surface area contributed by atoms with Gasteiger partial charge in [0.05, 0.1) is 36.4 Å². The van der Waals surface area contributed by atoms with Gasteiger partial charge in [0.15, 0.2) is 0 Å². The number of nitrogens with one attached hydrogen (secondary N) is 1. The van der Waals surface area contributed by atoms with E-state index in [1.165, 1.54) is 0 Å². The van der Waals surface area contributed by atoms with Crippen molar-refractivity contribution in [3.63, 3.8) is 0 Å². The molecule has 1 aliphatic heterocycles. The van der Waals surface area contributed by atoms with Crippen molar-refractivity contribution in [3.8, 4) is 11.1 Å². The molecule has 5 rings (SSSR count). The fourth-order valence-electron chi connectivity index (χ4n) is 4.60. The van der Waals surface area contributed by atoms with Crippen LogP contribution in [0.3, 0.4) is 0 Å². The molecule has 0 bridgehead atoms. The first-order chi connectivity index (χ1) is 17.1. The molecule has 0 spiro atoms. The van der Waals surface area contributed by atoms with Gasteiger partial charge < -0.3 is 15.0 Å². The van der Waals surface area contributed by atoms with Crippen LogP contribution in [0.1, 0.15) is 21.6 Å². The average Bonchev–Trinajstić information content (AvgIpc) is 2.90. The molecule has 6 heteroatoms. The molecule has 0 radical (unpaired) electrons. The second-order valence-electron chi connectivity index (χ2n) is 8.61. The predicted octanol–water partition coefficient (Wildman–Crippen LogP) is 4.86. The van der Waals surface area contributed by atoms with Gasteiger partial charge >= 0.3 is 0 Å². The first kappa shape index (κ1) is 22.7. The second kappa shape index (κ2) is 10.1. The van der Waals surface area contributed by atoms with Gasteiger partial charge in [-0.05, 0) is 41.8 Å². The molecule has 176 valence electrons. The Bertz CT molecular complexity index is 1380. The molecule has 2 amide bonds. The van der Waals surface area contributed by atoms with E-state index in [-0.39, 0.29) is 18.2 Å². The first-order valence-electron chi connectivity index (χ1n) is 11.8. The van der Waals surface area contributed by atoms with Gasteiger partial charge in [-0.3, -0.25) is 14.6 Å². The Kier molecular flexibility index (Phi) is 6.55. The summed E-state index contributed by atoms with van der Waals surface area (Å²) in [7, 11) is 0. The number of anilines is 1. The number of carbonyl (C=O) groups excluding carboxylic acids is 2. The van der Waals surface area contributed by atoms with Gasteiger partial charge in [0.2, 0.25) is 5.91 Å². The summed E-state index contributed by atoms with van der Waals surface area (Å²) in [5.74, 6) is -0.290. The van der Waals surface area contributed by atoms with Crippen LogP contribution in [-0.4, -0.2) is 48.0 Å².